The van der Waals surface area contributed by atoms with E-state index in [2.05, 4.69) is 16.6 Å². The zero-order valence-electron chi connectivity index (χ0n) is 10.9. The molecule has 1 heterocycles. The molecule has 21 heavy (non-hydrogen) atoms. The average Bonchev–Trinajstić information content (AvgIpc) is 2.37. The van der Waals surface area contributed by atoms with Crippen molar-refractivity contribution in [2.75, 3.05) is 7.11 Å². The Morgan fingerprint density at radius 3 is 2.52 bits per heavy atom. The lowest BCUT2D eigenvalue weighted by Crippen LogP contribution is -2.17. The molecule has 3 nitrogen and oxygen atoms in total. The van der Waals surface area contributed by atoms with Crippen LogP contribution in [0.4, 0.5) is 13.2 Å². The summed E-state index contributed by atoms with van der Waals surface area (Å²) in [5.41, 5.74) is 0.836. The Morgan fingerprint density at radius 1 is 1.19 bits per heavy atom. The van der Waals surface area contributed by atoms with E-state index in [9.17, 15) is 13.2 Å². The van der Waals surface area contributed by atoms with Crippen LogP contribution in [0.15, 0.2) is 30.5 Å². The van der Waals surface area contributed by atoms with Crippen LogP contribution < -0.4 is 9.47 Å². The Hall–Kier alpha value is -1.95. The van der Waals surface area contributed by atoms with Gasteiger partial charge >= 0.3 is 6.36 Å². The second-order valence-electron chi connectivity index (χ2n) is 4.09. The Bertz CT molecular complexity index is 659. The fraction of sp³-hybridized carbons (Fsp3) is 0.143. The smallest absolute Gasteiger partial charge is 0.481 e. The first-order valence-electron chi connectivity index (χ1n) is 5.72. The molecule has 0 bridgehead atoms. The summed E-state index contributed by atoms with van der Waals surface area (Å²) in [6, 6.07) is 5.63. The van der Waals surface area contributed by atoms with Gasteiger partial charge in [0.1, 0.15) is 5.75 Å². The van der Waals surface area contributed by atoms with Crippen LogP contribution in [0.2, 0.25) is 5.02 Å². The normalized spacial score (nSPS) is 11.3. The monoisotopic (exact) mass is 316 g/mol. The maximum absolute atomic E-state index is 12.5. The molecule has 7 heteroatoms. The van der Waals surface area contributed by atoms with Crippen LogP contribution >= 0.6 is 11.6 Å². The van der Waals surface area contributed by atoms with Crippen molar-refractivity contribution in [3.8, 4) is 22.8 Å². The van der Waals surface area contributed by atoms with Crippen molar-refractivity contribution in [3.63, 3.8) is 0 Å². The van der Waals surface area contributed by atoms with Gasteiger partial charge in [-0.1, -0.05) is 23.7 Å². The van der Waals surface area contributed by atoms with Gasteiger partial charge in [0.25, 0.3) is 0 Å². The van der Waals surface area contributed by atoms with Gasteiger partial charge in [-0.25, -0.2) is 4.98 Å². The van der Waals surface area contributed by atoms with E-state index >= 15 is 0 Å². The van der Waals surface area contributed by atoms with Crippen LogP contribution in [0.25, 0.3) is 11.1 Å². The Morgan fingerprint density at radius 2 is 1.90 bits per heavy atom. The van der Waals surface area contributed by atoms with Gasteiger partial charge < -0.3 is 9.47 Å². The predicted molar refractivity (Wildman–Crippen MR) is 72.4 cm³/mol. The highest BCUT2D eigenvalue weighted by molar-refractivity contribution is 6.30. The standard InChI is InChI=1S/C14H10ClF3NO2/c1-8-3-4-10(12(5-8)21-14(16,17)18)11-6-9(15)7-19-13(11)20-2/h3-7H,1H2,2H3. The molecular formula is C14H10ClF3NO2. The van der Waals surface area contributed by atoms with E-state index in [1.807, 2.05) is 0 Å². The van der Waals surface area contributed by atoms with Gasteiger partial charge in [-0.3, -0.25) is 0 Å². The molecule has 0 saturated heterocycles. The maximum Gasteiger partial charge on any atom is 0.573 e. The summed E-state index contributed by atoms with van der Waals surface area (Å²) in [4.78, 5) is 3.93. The topological polar surface area (TPSA) is 31.4 Å². The minimum atomic E-state index is -4.82. The Kier molecular flexibility index (Phi) is 4.27. The van der Waals surface area contributed by atoms with Crippen LogP contribution in [-0.4, -0.2) is 18.5 Å². The first kappa shape index (κ1) is 15.4. The highest BCUT2D eigenvalue weighted by Gasteiger charge is 2.32. The van der Waals surface area contributed by atoms with Crippen LogP contribution in [-0.2, 0) is 0 Å². The van der Waals surface area contributed by atoms with Crippen molar-refractivity contribution in [1.29, 1.82) is 0 Å². The molecule has 0 saturated carbocycles. The van der Waals surface area contributed by atoms with E-state index in [-0.39, 0.29) is 16.5 Å². The highest BCUT2D eigenvalue weighted by Crippen LogP contribution is 2.39. The summed E-state index contributed by atoms with van der Waals surface area (Å²) in [6.45, 7) is 3.59. The molecule has 0 aliphatic carbocycles. The van der Waals surface area contributed by atoms with Gasteiger partial charge in [-0.15, -0.1) is 13.2 Å². The van der Waals surface area contributed by atoms with Crippen molar-refractivity contribution in [2.45, 2.75) is 6.36 Å². The lowest BCUT2D eigenvalue weighted by atomic mass is 10.0. The Balaban J connectivity index is 2.61. The summed E-state index contributed by atoms with van der Waals surface area (Å²) in [6.07, 6.45) is -3.48. The first-order chi connectivity index (χ1) is 9.80. The number of ether oxygens (including phenoxy) is 2. The third-order valence-electron chi connectivity index (χ3n) is 2.57. The fourth-order valence-electron chi connectivity index (χ4n) is 1.78. The van der Waals surface area contributed by atoms with Gasteiger partial charge in [0.05, 0.1) is 12.1 Å². The van der Waals surface area contributed by atoms with Gasteiger partial charge in [0.15, 0.2) is 0 Å². The molecule has 0 spiro atoms. The molecule has 0 unspecified atom stereocenters. The van der Waals surface area contributed by atoms with E-state index in [0.29, 0.717) is 11.1 Å². The minimum Gasteiger partial charge on any atom is -0.481 e. The van der Waals surface area contributed by atoms with E-state index in [1.54, 1.807) is 6.07 Å². The number of nitrogens with zero attached hydrogens (tertiary/aromatic N) is 1. The molecule has 0 amide bonds. The number of rotatable bonds is 3. The number of hydrogen-bond donors (Lipinski definition) is 0. The van der Waals surface area contributed by atoms with E-state index in [0.717, 1.165) is 0 Å². The summed E-state index contributed by atoms with van der Waals surface area (Å²) < 4.78 is 46.6. The van der Waals surface area contributed by atoms with Crippen LogP contribution in [0, 0.1) is 6.92 Å². The van der Waals surface area contributed by atoms with Gasteiger partial charge in [-0.05, 0) is 24.6 Å². The molecule has 0 N–H and O–H groups in total. The zero-order chi connectivity index (χ0) is 15.6. The van der Waals surface area contributed by atoms with E-state index < -0.39 is 12.1 Å². The first-order valence-corrected chi connectivity index (χ1v) is 6.09. The molecule has 1 aromatic carbocycles. The van der Waals surface area contributed by atoms with E-state index in [1.165, 1.54) is 31.5 Å². The second-order valence-corrected chi connectivity index (χ2v) is 4.53. The highest BCUT2D eigenvalue weighted by atomic mass is 35.5. The number of pyridine rings is 1. The van der Waals surface area contributed by atoms with Crippen molar-refractivity contribution in [2.24, 2.45) is 0 Å². The number of alkyl halides is 3. The number of halogens is 4. The van der Waals surface area contributed by atoms with Crippen molar-refractivity contribution in [3.05, 3.63) is 48.0 Å². The van der Waals surface area contributed by atoms with Crippen LogP contribution in [0.5, 0.6) is 11.6 Å². The van der Waals surface area contributed by atoms with Crippen LogP contribution in [0.3, 0.4) is 0 Å². The summed E-state index contributed by atoms with van der Waals surface area (Å²) >= 11 is 5.85. The molecule has 2 rings (SSSR count). The number of benzene rings is 1. The van der Waals surface area contributed by atoms with Gasteiger partial charge in [0, 0.05) is 17.3 Å². The third kappa shape index (κ3) is 3.78. The van der Waals surface area contributed by atoms with Crippen LogP contribution in [0.1, 0.15) is 5.56 Å². The molecule has 0 aliphatic heterocycles. The average molecular weight is 317 g/mol. The van der Waals surface area contributed by atoms with Crippen molar-refractivity contribution >= 4 is 11.6 Å². The second kappa shape index (κ2) is 5.81. The molecule has 0 atom stereocenters. The number of aromatic nitrogens is 1. The third-order valence-corrected chi connectivity index (χ3v) is 2.78. The molecule has 0 aliphatic rings. The summed E-state index contributed by atoms with van der Waals surface area (Å²) in [7, 11) is 1.36. The molecule has 0 fully saturated rings. The Labute approximate surface area is 124 Å². The number of methoxy groups -OCH3 is 1. The summed E-state index contributed by atoms with van der Waals surface area (Å²) in [5.74, 6) is -0.249. The fourth-order valence-corrected chi connectivity index (χ4v) is 1.94. The largest absolute Gasteiger partial charge is 0.573 e. The van der Waals surface area contributed by atoms with Gasteiger partial charge in [-0.2, -0.15) is 0 Å². The van der Waals surface area contributed by atoms with Crippen molar-refractivity contribution in [1.82, 2.24) is 4.98 Å². The predicted octanol–water partition coefficient (Wildman–Crippen LogP) is 4.49. The molecule has 1 radical (unpaired) electrons. The minimum absolute atomic E-state index is 0.142. The maximum atomic E-state index is 12.5. The van der Waals surface area contributed by atoms with E-state index in [4.69, 9.17) is 16.3 Å². The van der Waals surface area contributed by atoms with Crippen molar-refractivity contribution < 1.29 is 22.6 Å². The summed E-state index contributed by atoms with van der Waals surface area (Å²) in [5, 5.41) is 0.266. The lowest BCUT2D eigenvalue weighted by Gasteiger charge is -2.15. The SMILES string of the molecule is [CH2]c1ccc(-c2cc(Cl)cnc2OC)c(OC(F)(F)F)c1. The molecular weight excluding hydrogens is 307 g/mol. The van der Waals surface area contributed by atoms with Gasteiger partial charge in [0.2, 0.25) is 5.88 Å². The molecule has 1 aromatic heterocycles. The molecule has 2 aromatic rings. The quantitative estimate of drug-likeness (QED) is 0.836. The zero-order valence-corrected chi connectivity index (χ0v) is 11.6. The number of hydrogen-bond acceptors (Lipinski definition) is 3. The lowest BCUT2D eigenvalue weighted by molar-refractivity contribution is -0.274. The molecule has 111 valence electrons.